The van der Waals surface area contributed by atoms with Gasteiger partial charge < -0.3 is 4.74 Å². The standard InChI is InChI=1S/C28H52O/c1-10-27(6,7)20-25(26(3,4)5)23-18-16-22(17-19-23)21(2)29-28(8,9)24-14-12-11-13-15-24/h16,21,23-25H,10-15,17-20H2,1-9H3. The molecule has 2 aliphatic carbocycles. The summed E-state index contributed by atoms with van der Waals surface area (Å²) in [5.74, 6) is 2.35. The van der Waals surface area contributed by atoms with E-state index in [0.717, 1.165) is 17.8 Å². The second kappa shape index (κ2) is 9.88. The van der Waals surface area contributed by atoms with Gasteiger partial charge in [0, 0.05) is 0 Å². The van der Waals surface area contributed by atoms with Crippen LogP contribution in [0.25, 0.3) is 0 Å². The van der Waals surface area contributed by atoms with Gasteiger partial charge in [0.05, 0.1) is 11.7 Å². The molecular weight excluding hydrogens is 352 g/mol. The molecule has 0 spiro atoms. The van der Waals surface area contributed by atoms with E-state index in [0.29, 0.717) is 10.8 Å². The van der Waals surface area contributed by atoms with Gasteiger partial charge >= 0.3 is 0 Å². The molecule has 0 aromatic heterocycles. The van der Waals surface area contributed by atoms with Gasteiger partial charge in [0.25, 0.3) is 0 Å². The van der Waals surface area contributed by atoms with E-state index in [1.54, 1.807) is 5.57 Å². The molecule has 170 valence electrons. The number of rotatable bonds is 8. The highest BCUT2D eigenvalue weighted by Crippen LogP contribution is 2.47. The Labute approximate surface area is 183 Å². The molecule has 2 rings (SSSR count). The summed E-state index contributed by atoms with van der Waals surface area (Å²) in [6, 6.07) is 0. The van der Waals surface area contributed by atoms with E-state index in [1.807, 2.05) is 0 Å². The van der Waals surface area contributed by atoms with Crippen molar-refractivity contribution in [1.82, 2.24) is 0 Å². The first kappa shape index (κ1) is 25.0. The summed E-state index contributed by atoms with van der Waals surface area (Å²) < 4.78 is 6.71. The Morgan fingerprint density at radius 2 is 1.59 bits per heavy atom. The molecule has 29 heavy (non-hydrogen) atoms. The normalized spacial score (nSPS) is 24.9. The predicted octanol–water partition coefficient (Wildman–Crippen LogP) is 8.97. The van der Waals surface area contributed by atoms with Crippen LogP contribution in [0.1, 0.15) is 127 Å². The summed E-state index contributed by atoms with van der Waals surface area (Å²) in [4.78, 5) is 0. The fourth-order valence-corrected chi connectivity index (χ4v) is 5.95. The second-order valence-corrected chi connectivity index (χ2v) is 12.7. The Morgan fingerprint density at radius 1 is 0.966 bits per heavy atom. The van der Waals surface area contributed by atoms with Crippen molar-refractivity contribution in [2.75, 3.05) is 0 Å². The van der Waals surface area contributed by atoms with Crippen molar-refractivity contribution in [1.29, 1.82) is 0 Å². The van der Waals surface area contributed by atoms with Gasteiger partial charge in [0.1, 0.15) is 0 Å². The Morgan fingerprint density at radius 3 is 2.07 bits per heavy atom. The Bertz CT molecular complexity index is 527. The fraction of sp³-hybridized carbons (Fsp3) is 0.929. The minimum atomic E-state index is 0.0105. The molecule has 3 unspecified atom stereocenters. The van der Waals surface area contributed by atoms with Crippen molar-refractivity contribution in [3.63, 3.8) is 0 Å². The molecule has 0 N–H and O–H groups in total. The molecule has 0 aliphatic heterocycles. The first-order valence-electron chi connectivity index (χ1n) is 12.7. The Balaban J connectivity index is 2.00. The highest BCUT2D eigenvalue weighted by atomic mass is 16.5. The smallest absolute Gasteiger partial charge is 0.0764 e. The lowest BCUT2D eigenvalue weighted by Gasteiger charge is -2.44. The van der Waals surface area contributed by atoms with Crippen LogP contribution in [0.3, 0.4) is 0 Å². The van der Waals surface area contributed by atoms with E-state index in [1.165, 1.54) is 64.2 Å². The summed E-state index contributed by atoms with van der Waals surface area (Å²) >= 11 is 0. The molecule has 0 bridgehead atoms. The molecule has 1 saturated carbocycles. The van der Waals surface area contributed by atoms with Crippen LogP contribution in [-0.4, -0.2) is 11.7 Å². The summed E-state index contributed by atoms with van der Waals surface area (Å²) in [6.07, 6.45) is 16.2. The third-order valence-corrected chi connectivity index (χ3v) is 8.49. The lowest BCUT2D eigenvalue weighted by atomic mass is 9.63. The van der Waals surface area contributed by atoms with Crippen LogP contribution in [-0.2, 0) is 4.74 Å². The van der Waals surface area contributed by atoms with Gasteiger partial charge in [-0.25, -0.2) is 0 Å². The minimum absolute atomic E-state index is 0.0105. The van der Waals surface area contributed by atoms with Gasteiger partial charge in [-0.15, -0.1) is 0 Å². The Kier molecular flexibility index (Phi) is 8.51. The molecule has 0 amide bonds. The molecule has 0 saturated heterocycles. The van der Waals surface area contributed by atoms with Crippen LogP contribution in [0.4, 0.5) is 0 Å². The number of hydrogen-bond acceptors (Lipinski definition) is 1. The largest absolute Gasteiger partial charge is 0.368 e. The maximum Gasteiger partial charge on any atom is 0.0764 e. The summed E-state index contributed by atoms with van der Waals surface area (Å²) in [5, 5.41) is 0. The number of hydrogen-bond donors (Lipinski definition) is 0. The zero-order valence-corrected chi connectivity index (χ0v) is 21.4. The van der Waals surface area contributed by atoms with Gasteiger partial charge in [-0.05, 0) is 93.5 Å². The quantitative estimate of drug-likeness (QED) is 0.367. The van der Waals surface area contributed by atoms with Crippen molar-refractivity contribution in [3.05, 3.63) is 11.6 Å². The van der Waals surface area contributed by atoms with Gasteiger partial charge in [0.15, 0.2) is 0 Å². The third-order valence-electron chi connectivity index (χ3n) is 8.49. The van der Waals surface area contributed by atoms with E-state index >= 15 is 0 Å². The highest BCUT2D eigenvalue weighted by molar-refractivity contribution is 5.12. The summed E-state index contributed by atoms with van der Waals surface area (Å²) in [6.45, 7) is 21.6. The first-order valence-corrected chi connectivity index (χ1v) is 12.7. The van der Waals surface area contributed by atoms with Gasteiger partial charge in [-0.1, -0.05) is 73.3 Å². The predicted molar refractivity (Wildman–Crippen MR) is 128 cm³/mol. The maximum atomic E-state index is 6.71. The van der Waals surface area contributed by atoms with Crippen molar-refractivity contribution < 1.29 is 4.74 Å². The number of allylic oxidation sites excluding steroid dienone is 1. The van der Waals surface area contributed by atoms with Crippen LogP contribution in [0.5, 0.6) is 0 Å². The molecular formula is C28H52O. The molecule has 1 nitrogen and oxygen atoms in total. The van der Waals surface area contributed by atoms with Gasteiger partial charge in [0.2, 0.25) is 0 Å². The molecule has 3 atom stereocenters. The lowest BCUT2D eigenvalue weighted by molar-refractivity contribution is -0.0956. The molecule has 0 aromatic carbocycles. The van der Waals surface area contributed by atoms with Crippen LogP contribution in [0.15, 0.2) is 11.6 Å². The van der Waals surface area contributed by atoms with E-state index in [9.17, 15) is 0 Å². The molecule has 0 aromatic rings. The molecule has 1 fully saturated rings. The van der Waals surface area contributed by atoms with Crippen LogP contribution < -0.4 is 0 Å². The van der Waals surface area contributed by atoms with Crippen molar-refractivity contribution in [2.24, 2.45) is 28.6 Å². The van der Waals surface area contributed by atoms with Crippen molar-refractivity contribution in [2.45, 2.75) is 138 Å². The highest BCUT2D eigenvalue weighted by Gasteiger charge is 2.38. The second-order valence-electron chi connectivity index (χ2n) is 12.7. The minimum Gasteiger partial charge on any atom is -0.368 e. The zero-order chi connectivity index (χ0) is 21.9. The Hall–Kier alpha value is -0.300. The van der Waals surface area contributed by atoms with Crippen molar-refractivity contribution >= 4 is 0 Å². The topological polar surface area (TPSA) is 9.23 Å². The molecule has 0 heterocycles. The van der Waals surface area contributed by atoms with Gasteiger partial charge in [-0.2, -0.15) is 0 Å². The van der Waals surface area contributed by atoms with E-state index < -0.39 is 0 Å². The van der Waals surface area contributed by atoms with Crippen LogP contribution in [0.2, 0.25) is 0 Å². The fourth-order valence-electron chi connectivity index (χ4n) is 5.95. The van der Waals surface area contributed by atoms with Gasteiger partial charge in [-0.3, -0.25) is 0 Å². The monoisotopic (exact) mass is 404 g/mol. The summed E-state index contributed by atoms with van der Waals surface area (Å²) in [5.41, 5.74) is 2.40. The lowest BCUT2D eigenvalue weighted by Crippen LogP contribution is -2.39. The number of ether oxygens (including phenoxy) is 1. The molecule has 0 radical (unpaired) electrons. The maximum absolute atomic E-state index is 6.71. The van der Waals surface area contributed by atoms with Crippen LogP contribution in [0, 0.1) is 28.6 Å². The van der Waals surface area contributed by atoms with E-state index in [2.05, 4.69) is 68.4 Å². The zero-order valence-electron chi connectivity index (χ0n) is 21.4. The third kappa shape index (κ3) is 7.12. The van der Waals surface area contributed by atoms with Crippen molar-refractivity contribution in [3.8, 4) is 0 Å². The molecule has 2 aliphatic rings. The average Bonchev–Trinajstić information content (AvgIpc) is 2.66. The average molecular weight is 405 g/mol. The van der Waals surface area contributed by atoms with Crippen LogP contribution >= 0.6 is 0 Å². The first-order chi connectivity index (χ1) is 13.4. The van der Waals surface area contributed by atoms with E-state index in [-0.39, 0.29) is 11.7 Å². The summed E-state index contributed by atoms with van der Waals surface area (Å²) in [7, 11) is 0. The molecule has 1 heteroatoms. The van der Waals surface area contributed by atoms with E-state index in [4.69, 9.17) is 4.74 Å². The SMILES string of the molecule is CCC(C)(C)CC(C1CC=C(C(C)OC(C)(C)C2CCCCC2)CC1)C(C)(C)C.